The number of hydrogen-bond donors (Lipinski definition) is 2. The number of unbranched alkanes of at least 4 members (excludes halogenated alkanes) is 1. The smallest absolute Gasteiger partial charge is 0.303 e. The highest BCUT2D eigenvalue weighted by molar-refractivity contribution is 5.66. The Hall–Kier alpha value is -2.33. The van der Waals surface area contributed by atoms with Gasteiger partial charge in [0.2, 0.25) is 0 Å². The van der Waals surface area contributed by atoms with Gasteiger partial charge in [-0.05, 0) is 93.0 Å². The maximum absolute atomic E-state index is 10.6. The van der Waals surface area contributed by atoms with Crippen LogP contribution >= 0.6 is 0 Å². The van der Waals surface area contributed by atoms with Crippen LogP contribution in [0.2, 0.25) is 0 Å². The average molecular weight is 435 g/mol. The molecule has 4 heteroatoms. The minimum absolute atomic E-state index is 0.273. The molecule has 1 saturated heterocycles. The Morgan fingerprint density at radius 2 is 1.88 bits per heavy atom. The fraction of sp³-hybridized carbons (Fsp3) is 0.536. The normalized spacial score (nSPS) is 21.7. The fourth-order valence-corrected chi connectivity index (χ4v) is 5.41. The monoisotopic (exact) mass is 434 g/mol. The van der Waals surface area contributed by atoms with E-state index in [1.165, 1.54) is 67.6 Å². The number of aliphatic carboxylic acids is 1. The third kappa shape index (κ3) is 6.13. The molecule has 4 nitrogen and oxygen atoms in total. The van der Waals surface area contributed by atoms with Crippen molar-refractivity contribution in [1.29, 1.82) is 0 Å². The quantitative estimate of drug-likeness (QED) is 0.446. The number of aryl methyl sites for hydroxylation is 1. The number of nitrogens with zero attached hydrogens (tertiary/aromatic N) is 1. The topological polar surface area (TPSA) is 52.6 Å². The molecule has 3 atom stereocenters. The molecule has 0 amide bonds. The zero-order valence-electron chi connectivity index (χ0n) is 19.4. The third-order valence-electron chi connectivity index (χ3n) is 7.32. The summed E-state index contributed by atoms with van der Waals surface area (Å²) in [6.07, 6.45) is 9.25. The molecule has 0 radical (unpaired) electrons. The molecule has 2 aliphatic rings. The molecule has 2 aromatic rings. The van der Waals surface area contributed by atoms with Crippen LogP contribution in [0.5, 0.6) is 0 Å². The second-order valence-corrected chi connectivity index (χ2v) is 9.73. The second-order valence-electron chi connectivity index (χ2n) is 9.73. The van der Waals surface area contributed by atoms with E-state index in [9.17, 15) is 4.79 Å². The highest BCUT2D eigenvalue weighted by Crippen LogP contribution is 2.36. The van der Waals surface area contributed by atoms with Crippen LogP contribution in [-0.2, 0) is 11.2 Å². The van der Waals surface area contributed by atoms with E-state index >= 15 is 0 Å². The fourth-order valence-electron chi connectivity index (χ4n) is 5.41. The first kappa shape index (κ1) is 22.8. The van der Waals surface area contributed by atoms with Crippen LogP contribution in [0.3, 0.4) is 0 Å². The summed E-state index contributed by atoms with van der Waals surface area (Å²) in [6.45, 7) is 4.68. The summed E-state index contributed by atoms with van der Waals surface area (Å²) in [6, 6.07) is 19.1. The number of carboxylic acids is 1. The van der Waals surface area contributed by atoms with Gasteiger partial charge in [0.1, 0.15) is 0 Å². The molecule has 2 aromatic carbocycles. The molecule has 1 heterocycles. The van der Waals surface area contributed by atoms with Gasteiger partial charge in [-0.25, -0.2) is 0 Å². The van der Waals surface area contributed by atoms with Gasteiger partial charge < -0.3 is 15.3 Å². The Balaban J connectivity index is 1.26. The molecule has 32 heavy (non-hydrogen) atoms. The molecular weight excluding hydrogens is 396 g/mol. The van der Waals surface area contributed by atoms with Crippen molar-refractivity contribution >= 4 is 11.7 Å². The first-order chi connectivity index (χ1) is 15.6. The number of rotatable bonds is 10. The lowest BCUT2D eigenvalue weighted by atomic mass is 9.95. The number of nitrogens with one attached hydrogen (secondary N) is 1. The van der Waals surface area contributed by atoms with E-state index in [0.717, 1.165) is 19.3 Å². The van der Waals surface area contributed by atoms with E-state index in [1.807, 2.05) is 0 Å². The van der Waals surface area contributed by atoms with Crippen LogP contribution in [0, 0.1) is 0 Å². The van der Waals surface area contributed by atoms with E-state index in [0.29, 0.717) is 18.0 Å². The van der Waals surface area contributed by atoms with E-state index < -0.39 is 5.97 Å². The van der Waals surface area contributed by atoms with Crippen LogP contribution in [0.4, 0.5) is 5.69 Å². The third-order valence-corrected chi connectivity index (χ3v) is 7.32. The van der Waals surface area contributed by atoms with Crippen LogP contribution < -0.4 is 10.2 Å². The molecule has 0 bridgehead atoms. The van der Waals surface area contributed by atoms with Crippen molar-refractivity contribution in [2.24, 2.45) is 0 Å². The van der Waals surface area contributed by atoms with Gasteiger partial charge in [-0.15, -0.1) is 0 Å². The molecule has 4 rings (SSSR count). The van der Waals surface area contributed by atoms with E-state index in [1.54, 1.807) is 0 Å². The summed E-state index contributed by atoms with van der Waals surface area (Å²) in [7, 11) is 0. The Morgan fingerprint density at radius 3 is 2.62 bits per heavy atom. The van der Waals surface area contributed by atoms with E-state index in [-0.39, 0.29) is 6.42 Å². The Kier molecular flexibility index (Phi) is 7.85. The molecule has 3 unspecified atom stereocenters. The van der Waals surface area contributed by atoms with Crippen molar-refractivity contribution in [2.45, 2.75) is 82.7 Å². The molecule has 0 spiro atoms. The lowest BCUT2D eigenvalue weighted by Crippen LogP contribution is -2.29. The summed E-state index contributed by atoms with van der Waals surface area (Å²) in [5.41, 5.74) is 5.54. The van der Waals surface area contributed by atoms with Gasteiger partial charge in [0.15, 0.2) is 0 Å². The summed E-state index contributed by atoms with van der Waals surface area (Å²) >= 11 is 0. The highest BCUT2D eigenvalue weighted by atomic mass is 16.4. The predicted molar refractivity (Wildman–Crippen MR) is 131 cm³/mol. The molecule has 1 aliphatic heterocycles. The van der Waals surface area contributed by atoms with Gasteiger partial charge in [-0.3, -0.25) is 4.79 Å². The van der Waals surface area contributed by atoms with Crippen molar-refractivity contribution in [3.8, 4) is 0 Å². The minimum Gasteiger partial charge on any atom is -0.481 e. The number of carboxylic acid groups (broad SMARTS) is 1. The van der Waals surface area contributed by atoms with Gasteiger partial charge in [-0.1, -0.05) is 36.4 Å². The average Bonchev–Trinajstić information content (AvgIpc) is 3.50. The van der Waals surface area contributed by atoms with Crippen molar-refractivity contribution in [2.75, 3.05) is 18.0 Å². The Morgan fingerprint density at radius 1 is 1.09 bits per heavy atom. The number of hydrogen-bond acceptors (Lipinski definition) is 3. The maximum atomic E-state index is 10.6. The van der Waals surface area contributed by atoms with Gasteiger partial charge in [0, 0.05) is 37.3 Å². The molecule has 2 fully saturated rings. The van der Waals surface area contributed by atoms with E-state index in [4.69, 9.17) is 5.11 Å². The van der Waals surface area contributed by atoms with Crippen molar-refractivity contribution in [3.05, 3.63) is 65.2 Å². The number of carbonyl (C=O) groups is 1. The molecule has 1 aliphatic carbocycles. The SMILES string of the molecule is CC(NC1CCC(c2ccc(CCCCC(=O)O)cc2)C1)c1cccc(N2CCCC2)c1. The second kappa shape index (κ2) is 11.0. The minimum atomic E-state index is -0.696. The van der Waals surface area contributed by atoms with Gasteiger partial charge >= 0.3 is 5.97 Å². The largest absolute Gasteiger partial charge is 0.481 e. The van der Waals surface area contributed by atoms with Crippen LogP contribution in [0.15, 0.2) is 48.5 Å². The lowest BCUT2D eigenvalue weighted by Gasteiger charge is -2.23. The highest BCUT2D eigenvalue weighted by Gasteiger charge is 2.27. The van der Waals surface area contributed by atoms with Crippen LogP contribution in [0.25, 0.3) is 0 Å². The maximum Gasteiger partial charge on any atom is 0.303 e. The standard InChI is InChI=1S/C28H38N2O2/c1-21(24-8-6-9-27(20-24)30-17-4-5-18-30)29-26-16-15-25(19-26)23-13-11-22(12-14-23)7-2-3-10-28(31)32/h6,8-9,11-14,20-21,25-26,29H,2-5,7,10,15-19H2,1H3,(H,31,32). The van der Waals surface area contributed by atoms with Crippen molar-refractivity contribution < 1.29 is 9.90 Å². The summed E-state index contributed by atoms with van der Waals surface area (Å²) in [4.78, 5) is 13.1. The van der Waals surface area contributed by atoms with Crippen molar-refractivity contribution in [3.63, 3.8) is 0 Å². The molecule has 1 saturated carbocycles. The van der Waals surface area contributed by atoms with Crippen LogP contribution in [0.1, 0.15) is 86.9 Å². The summed E-state index contributed by atoms with van der Waals surface area (Å²) in [5, 5.41) is 12.7. The lowest BCUT2D eigenvalue weighted by molar-refractivity contribution is -0.137. The van der Waals surface area contributed by atoms with Gasteiger partial charge in [0.05, 0.1) is 0 Å². The zero-order valence-corrected chi connectivity index (χ0v) is 19.4. The summed E-state index contributed by atoms with van der Waals surface area (Å²) in [5.74, 6) is -0.0601. The molecule has 172 valence electrons. The predicted octanol–water partition coefficient (Wildman–Crippen LogP) is 6.07. The molecule has 2 N–H and O–H groups in total. The van der Waals surface area contributed by atoms with Gasteiger partial charge in [-0.2, -0.15) is 0 Å². The van der Waals surface area contributed by atoms with Gasteiger partial charge in [0.25, 0.3) is 0 Å². The van der Waals surface area contributed by atoms with Crippen LogP contribution in [-0.4, -0.2) is 30.2 Å². The molecular formula is C28H38N2O2. The zero-order chi connectivity index (χ0) is 22.3. The Bertz CT molecular complexity index is 873. The molecule has 0 aromatic heterocycles. The van der Waals surface area contributed by atoms with E-state index in [2.05, 4.69) is 65.7 Å². The van der Waals surface area contributed by atoms with Crippen molar-refractivity contribution in [1.82, 2.24) is 5.32 Å². The Labute approximate surface area is 193 Å². The number of anilines is 1. The number of benzene rings is 2. The summed E-state index contributed by atoms with van der Waals surface area (Å²) < 4.78 is 0. The first-order valence-electron chi connectivity index (χ1n) is 12.5. The first-order valence-corrected chi connectivity index (χ1v) is 12.5.